The molecule has 0 heterocycles. The Morgan fingerprint density at radius 1 is 1.24 bits per heavy atom. The minimum atomic E-state index is -4.08. The highest BCUT2D eigenvalue weighted by Gasteiger charge is 2.25. The van der Waals surface area contributed by atoms with E-state index in [1.165, 1.54) is 7.05 Å². The number of nitrogens with zero attached hydrogens (tertiary/aromatic N) is 1. The minimum Gasteiger partial charge on any atom is -0.225 e. The lowest BCUT2D eigenvalue weighted by molar-refractivity contribution is 0.424. The van der Waals surface area contributed by atoms with Crippen LogP contribution in [0.1, 0.15) is 20.3 Å². The van der Waals surface area contributed by atoms with E-state index in [0.717, 1.165) is 16.4 Å². The summed E-state index contributed by atoms with van der Waals surface area (Å²) in [5, 5.41) is 4.87. The molecule has 0 aliphatic heterocycles. The smallest absolute Gasteiger partial charge is 0.225 e. The molecule has 21 heavy (non-hydrogen) atoms. The number of nitrogens with two attached hydrogens (primary N) is 1. The van der Waals surface area contributed by atoms with Crippen molar-refractivity contribution < 1.29 is 21.2 Å². The monoisotopic (exact) mass is 338 g/mol. The molecule has 0 unspecified atom stereocenters. The fourth-order valence-electron chi connectivity index (χ4n) is 1.60. The van der Waals surface area contributed by atoms with E-state index in [1.54, 1.807) is 0 Å². The molecule has 0 amide bonds. The van der Waals surface area contributed by atoms with Crippen molar-refractivity contribution in [2.45, 2.75) is 30.1 Å². The van der Waals surface area contributed by atoms with Crippen molar-refractivity contribution in [3.05, 3.63) is 24.0 Å². The van der Waals surface area contributed by atoms with Crippen LogP contribution >= 0.6 is 0 Å². The number of benzene rings is 1. The Kier molecular flexibility index (Phi) is 5.48. The summed E-state index contributed by atoms with van der Waals surface area (Å²) in [6.07, 6.45) is 0.632. The van der Waals surface area contributed by atoms with Gasteiger partial charge in [-0.25, -0.2) is 30.7 Å². The van der Waals surface area contributed by atoms with Crippen LogP contribution < -0.4 is 5.14 Å². The van der Waals surface area contributed by atoms with Gasteiger partial charge >= 0.3 is 0 Å². The molecule has 6 nitrogen and oxygen atoms in total. The predicted molar refractivity (Wildman–Crippen MR) is 77.0 cm³/mol. The van der Waals surface area contributed by atoms with Gasteiger partial charge in [0.2, 0.25) is 20.0 Å². The molecule has 1 aromatic carbocycles. The highest BCUT2D eigenvalue weighted by molar-refractivity contribution is 7.89. The third-order valence-electron chi connectivity index (χ3n) is 2.94. The number of rotatable bonds is 6. The quantitative estimate of drug-likeness (QED) is 0.841. The summed E-state index contributed by atoms with van der Waals surface area (Å²) in [6.45, 7) is 4.14. The Morgan fingerprint density at radius 2 is 1.81 bits per heavy atom. The summed E-state index contributed by atoms with van der Waals surface area (Å²) < 4.78 is 61.6. The van der Waals surface area contributed by atoms with Crippen LogP contribution in [0.3, 0.4) is 0 Å². The summed E-state index contributed by atoms with van der Waals surface area (Å²) in [4.78, 5) is -1.04. The highest BCUT2D eigenvalue weighted by atomic mass is 32.2. The average molecular weight is 338 g/mol. The third-order valence-corrected chi connectivity index (χ3v) is 5.74. The van der Waals surface area contributed by atoms with E-state index in [4.69, 9.17) is 5.14 Å². The zero-order valence-corrected chi connectivity index (χ0v) is 13.7. The number of hydrogen-bond acceptors (Lipinski definition) is 4. The van der Waals surface area contributed by atoms with Gasteiger partial charge in [-0.1, -0.05) is 13.8 Å². The molecule has 1 aromatic rings. The number of hydrogen-bond donors (Lipinski definition) is 1. The first-order valence-corrected chi connectivity index (χ1v) is 9.23. The van der Waals surface area contributed by atoms with Crippen LogP contribution in [-0.2, 0) is 20.0 Å². The second-order valence-corrected chi connectivity index (χ2v) is 8.72. The molecular formula is C12H19FN2O4S2. The summed E-state index contributed by atoms with van der Waals surface area (Å²) >= 11 is 0. The fourth-order valence-corrected chi connectivity index (χ4v) is 3.35. The SMILES string of the molecule is CC(C)CCN(C)S(=O)(=O)c1ccc(S(N)(=O)=O)cc1F. The van der Waals surface area contributed by atoms with E-state index >= 15 is 0 Å². The van der Waals surface area contributed by atoms with Crippen LogP contribution in [0.5, 0.6) is 0 Å². The molecule has 9 heteroatoms. The van der Waals surface area contributed by atoms with Crippen molar-refractivity contribution in [1.29, 1.82) is 0 Å². The average Bonchev–Trinajstić information content (AvgIpc) is 2.34. The molecule has 0 saturated carbocycles. The Bertz CT molecular complexity index is 715. The Balaban J connectivity index is 3.15. The molecule has 0 radical (unpaired) electrons. The molecule has 0 atom stereocenters. The van der Waals surface area contributed by atoms with Gasteiger partial charge in [-0.15, -0.1) is 0 Å². The molecule has 120 valence electrons. The van der Waals surface area contributed by atoms with Crippen molar-refractivity contribution >= 4 is 20.0 Å². The first kappa shape index (κ1) is 18.0. The summed E-state index contributed by atoms with van der Waals surface area (Å²) in [5.74, 6) is -0.838. The van der Waals surface area contributed by atoms with Crippen molar-refractivity contribution in [1.82, 2.24) is 4.31 Å². The number of primary sulfonamides is 1. The van der Waals surface area contributed by atoms with Crippen LogP contribution in [0.15, 0.2) is 28.0 Å². The van der Waals surface area contributed by atoms with Crippen LogP contribution in [0.4, 0.5) is 4.39 Å². The van der Waals surface area contributed by atoms with Crippen LogP contribution in [0, 0.1) is 11.7 Å². The number of halogens is 1. The van der Waals surface area contributed by atoms with Gasteiger partial charge in [0.05, 0.1) is 4.90 Å². The minimum absolute atomic E-state index is 0.246. The maximum Gasteiger partial charge on any atom is 0.245 e. The van der Waals surface area contributed by atoms with Crippen molar-refractivity contribution in [2.75, 3.05) is 13.6 Å². The second kappa shape index (κ2) is 6.39. The molecule has 0 bridgehead atoms. The second-order valence-electron chi connectivity index (χ2n) is 5.15. The van der Waals surface area contributed by atoms with Gasteiger partial charge in [-0.3, -0.25) is 0 Å². The molecule has 2 N–H and O–H groups in total. The maximum absolute atomic E-state index is 13.9. The molecule has 0 fully saturated rings. The molecule has 0 spiro atoms. The summed E-state index contributed by atoms with van der Waals surface area (Å²) in [5.41, 5.74) is 0. The molecular weight excluding hydrogens is 319 g/mol. The number of sulfonamides is 2. The lowest BCUT2D eigenvalue weighted by atomic mass is 10.1. The lowest BCUT2D eigenvalue weighted by Crippen LogP contribution is -2.29. The van der Waals surface area contributed by atoms with Gasteiger partial charge in [-0.05, 0) is 30.5 Å². The molecule has 0 saturated heterocycles. The zero-order valence-electron chi connectivity index (χ0n) is 12.1. The van der Waals surface area contributed by atoms with E-state index in [9.17, 15) is 21.2 Å². The normalized spacial score (nSPS) is 13.1. The van der Waals surface area contributed by atoms with E-state index < -0.39 is 35.7 Å². The van der Waals surface area contributed by atoms with Crippen LogP contribution in [-0.4, -0.2) is 34.7 Å². The van der Waals surface area contributed by atoms with Gasteiger partial charge < -0.3 is 0 Å². The zero-order chi connectivity index (χ0) is 16.4. The van der Waals surface area contributed by atoms with Gasteiger partial charge in [0.25, 0.3) is 0 Å². The summed E-state index contributed by atoms with van der Waals surface area (Å²) in [7, 11) is -6.73. The van der Waals surface area contributed by atoms with Gasteiger partial charge in [-0.2, -0.15) is 0 Å². The first-order valence-electron chi connectivity index (χ1n) is 6.25. The predicted octanol–water partition coefficient (Wildman–Crippen LogP) is 1.14. The van der Waals surface area contributed by atoms with Gasteiger partial charge in [0.1, 0.15) is 10.7 Å². The van der Waals surface area contributed by atoms with E-state index in [2.05, 4.69) is 0 Å². The maximum atomic E-state index is 13.9. The van der Waals surface area contributed by atoms with Crippen LogP contribution in [0.25, 0.3) is 0 Å². The van der Waals surface area contributed by atoms with Gasteiger partial charge in [0.15, 0.2) is 0 Å². The van der Waals surface area contributed by atoms with E-state index in [0.29, 0.717) is 18.4 Å². The summed E-state index contributed by atoms with van der Waals surface area (Å²) in [6, 6.07) is 2.50. The van der Waals surface area contributed by atoms with Crippen molar-refractivity contribution in [3.63, 3.8) is 0 Å². The van der Waals surface area contributed by atoms with E-state index in [-0.39, 0.29) is 6.54 Å². The van der Waals surface area contributed by atoms with Crippen molar-refractivity contribution in [2.24, 2.45) is 11.1 Å². The molecule has 0 aromatic heterocycles. The Morgan fingerprint density at radius 3 is 2.24 bits per heavy atom. The fraction of sp³-hybridized carbons (Fsp3) is 0.500. The largest absolute Gasteiger partial charge is 0.245 e. The molecule has 0 aliphatic carbocycles. The van der Waals surface area contributed by atoms with Crippen molar-refractivity contribution in [3.8, 4) is 0 Å². The topological polar surface area (TPSA) is 97.5 Å². The molecule has 0 aliphatic rings. The first-order chi connectivity index (χ1) is 9.46. The van der Waals surface area contributed by atoms with Gasteiger partial charge in [0, 0.05) is 13.6 Å². The Labute approximate surface area is 124 Å². The van der Waals surface area contributed by atoms with Crippen LogP contribution in [0.2, 0.25) is 0 Å². The lowest BCUT2D eigenvalue weighted by Gasteiger charge is -2.18. The highest BCUT2D eigenvalue weighted by Crippen LogP contribution is 2.21. The molecule has 1 rings (SSSR count). The Hall–Kier alpha value is -1.03. The van der Waals surface area contributed by atoms with E-state index in [1.807, 2.05) is 13.8 Å². The standard InChI is InChI=1S/C12H19FN2O4S2/c1-9(2)6-7-15(3)21(18,19)12-5-4-10(8-11(12)13)20(14,16)17/h4-5,8-9H,6-7H2,1-3H3,(H2,14,16,17). The third kappa shape index (κ3) is 4.47.